The molecule has 55 heavy (non-hydrogen) atoms. The van der Waals surface area contributed by atoms with E-state index in [0.29, 0.717) is 0 Å². The summed E-state index contributed by atoms with van der Waals surface area (Å²) in [6, 6.07) is 4.51. The molecule has 304 valence electrons. The van der Waals surface area contributed by atoms with E-state index >= 15 is 0 Å². The first-order chi connectivity index (χ1) is 26.1. The Morgan fingerprint density at radius 3 is 2.04 bits per heavy atom. The van der Waals surface area contributed by atoms with E-state index in [2.05, 4.69) is 0 Å². The highest BCUT2D eigenvalue weighted by Gasteiger charge is 2.51. The zero-order valence-electron chi connectivity index (χ0n) is 29.3. The summed E-state index contributed by atoms with van der Waals surface area (Å²) in [7, 11) is 2.48. The van der Waals surface area contributed by atoms with Crippen LogP contribution in [0.5, 0.6) is 34.5 Å². The van der Waals surface area contributed by atoms with E-state index in [1.165, 1.54) is 33.3 Å². The van der Waals surface area contributed by atoms with Gasteiger partial charge in [-0.3, -0.25) is 4.79 Å². The predicted molar refractivity (Wildman–Crippen MR) is 178 cm³/mol. The molecule has 0 radical (unpaired) electrons. The highest BCUT2D eigenvalue weighted by Crippen LogP contribution is 2.44. The van der Waals surface area contributed by atoms with E-state index in [0.717, 1.165) is 12.1 Å². The van der Waals surface area contributed by atoms with Crippen molar-refractivity contribution in [2.24, 2.45) is 0 Å². The summed E-state index contributed by atoms with van der Waals surface area (Å²) >= 11 is 0. The molecular weight excluding hydrogens is 744 g/mol. The first kappa shape index (κ1) is 40.6. The topological polar surface area (TPSA) is 327 Å². The Morgan fingerprint density at radius 2 is 1.40 bits per heavy atom. The van der Waals surface area contributed by atoms with Crippen LogP contribution in [-0.2, 0) is 18.9 Å². The number of hydrogen-bond donors (Lipinski definition) is 11. The van der Waals surface area contributed by atoms with Crippen molar-refractivity contribution in [2.45, 2.75) is 92.9 Å². The number of ether oxygens (including phenoxy) is 8. The van der Waals surface area contributed by atoms with Crippen LogP contribution in [0.1, 0.15) is 6.92 Å². The number of phenols is 2. The fourth-order valence-corrected chi connectivity index (χ4v) is 6.37. The monoisotopic (exact) mass is 786 g/mol. The second kappa shape index (κ2) is 16.2. The minimum absolute atomic E-state index is 0.0120. The number of aromatic hydroxyl groups is 2. The lowest BCUT2D eigenvalue weighted by atomic mass is 9.97. The molecule has 3 saturated heterocycles. The summed E-state index contributed by atoms with van der Waals surface area (Å²) in [5, 5.41) is 115. The van der Waals surface area contributed by atoms with Gasteiger partial charge in [0.1, 0.15) is 83.5 Å². The quantitative estimate of drug-likeness (QED) is 0.0961. The van der Waals surface area contributed by atoms with E-state index in [9.17, 15) is 61.0 Å². The minimum Gasteiger partial charge on any atom is -0.507 e. The summed E-state index contributed by atoms with van der Waals surface area (Å²) in [4.78, 5) is 14.1. The summed E-state index contributed by atoms with van der Waals surface area (Å²) in [6.07, 6.45) is -23.1. The van der Waals surface area contributed by atoms with Gasteiger partial charge in [-0.25, -0.2) is 0 Å². The number of hydrogen-bond acceptors (Lipinski definition) is 21. The van der Waals surface area contributed by atoms with Crippen molar-refractivity contribution in [3.05, 3.63) is 34.5 Å². The van der Waals surface area contributed by atoms with Crippen molar-refractivity contribution >= 4 is 11.0 Å². The third-order valence-corrected chi connectivity index (χ3v) is 9.51. The normalized spacial score (nSPS) is 35.3. The standard InChI is InChI=1S/C34H42O21/c1-10-20(38)25(43)27(45)33(50-10)54-30-23(41)18(8-35)53-34(28(30)46)51-12-6-13(36)19-15(7-12)52-29(11-4-16(47-2)22(40)17(5-11)48-3)31(24(19)42)55-32-26(44)21(39)14(37)9-49-32/h4-7,10,14,18,20-21,23,25-28,30,32-41,43-46H,8-9H2,1-3H3/t10-,14+,18+,20+,21-,23+,25+,26+,27-,28+,30-,32-,33-,34+/m0/s1. The number of benzene rings is 2. The second-order valence-corrected chi connectivity index (χ2v) is 13.1. The Labute approximate surface area is 310 Å². The number of fused-ring (bicyclic) bond motifs is 1. The van der Waals surface area contributed by atoms with E-state index in [4.69, 9.17) is 42.3 Å². The van der Waals surface area contributed by atoms with E-state index < -0.39 is 133 Å². The molecule has 4 heterocycles. The van der Waals surface area contributed by atoms with E-state index in [-0.39, 0.29) is 28.4 Å². The minimum atomic E-state index is -1.91. The van der Waals surface area contributed by atoms with Crippen LogP contribution in [0.3, 0.4) is 0 Å². The maximum atomic E-state index is 14.1. The number of methoxy groups -OCH3 is 2. The molecule has 0 spiro atoms. The highest BCUT2D eigenvalue weighted by atomic mass is 16.7. The van der Waals surface area contributed by atoms with Crippen molar-refractivity contribution in [3.63, 3.8) is 0 Å². The van der Waals surface area contributed by atoms with Crippen LogP contribution in [0, 0.1) is 0 Å². The molecule has 0 unspecified atom stereocenters. The van der Waals surface area contributed by atoms with Gasteiger partial charge in [-0.1, -0.05) is 0 Å². The Morgan fingerprint density at radius 1 is 0.745 bits per heavy atom. The van der Waals surface area contributed by atoms with E-state index in [1.807, 2.05) is 0 Å². The molecule has 3 aliphatic rings. The van der Waals surface area contributed by atoms with Crippen LogP contribution in [0.25, 0.3) is 22.3 Å². The maximum absolute atomic E-state index is 14.1. The molecule has 3 fully saturated rings. The van der Waals surface area contributed by atoms with Crippen molar-refractivity contribution in [1.29, 1.82) is 0 Å². The molecule has 0 aliphatic carbocycles. The summed E-state index contributed by atoms with van der Waals surface area (Å²) in [5.74, 6) is -2.83. The van der Waals surface area contributed by atoms with Crippen molar-refractivity contribution in [1.82, 2.24) is 0 Å². The predicted octanol–water partition coefficient (Wildman–Crippen LogP) is -3.26. The average molecular weight is 787 g/mol. The Hall–Kier alpha value is -4.07. The van der Waals surface area contributed by atoms with Crippen LogP contribution in [0.4, 0.5) is 0 Å². The van der Waals surface area contributed by atoms with Crippen LogP contribution < -0.4 is 24.4 Å². The molecule has 2 aromatic carbocycles. The SMILES string of the molecule is COc1cc(-c2oc3cc(O[C@@H]4O[C@H](CO)[C@@H](O)[C@H](O[C@@H]5O[C@@H](C)[C@@H](O)[C@@H](O)[C@@H]5O)[C@H]4O)cc(O)c3c(=O)c2O[C@@H]2OC[C@@H](O)[C@H](O)[C@H]2O)cc(OC)c1O. The van der Waals surface area contributed by atoms with Gasteiger partial charge in [0.05, 0.1) is 33.5 Å². The van der Waals surface area contributed by atoms with E-state index in [1.54, 1.807) is 0 Å². The highest BCUT2D eigenvalue weighted by molar-refractivity contribution is 5.88. The van der Waals surface area contributed by atoms with Crippen LogP contribution in [0.15, 0.2) is 33.5 Å². The molecule has 21 nitrogen and oxygen atoms in total. The van der Waals surface area contributed by atoms with Gasteiger partial charge >= 0.3 is 0 Å². The van der Waals surface area contributed by atoms with Gasteiger partial charge in [-0.05, 0) is 19.1 Å². The Bertz CT molecular complexity index is 1860. The lowest BCUT2D eigenvalue weighted by Crippen LogP contribution is -2.64. The number of aliphatic hydroxyl groups excluding tert-OH is 9. The molecule has 0 bridgehead atoms. The third-order valence-electron chi connectivity index (χ3n) is 9.51. The summed E-state index contributed by atoms with van der Waals surface area (Å²) in [6.45, 7) is 0.0772. The lowest BCUT2D eigenvalue weighted by Gasteiger charge is -2.45. The average Bonchev–Trinajstić information content (AvgIpc) is 3.16. The van der Waals surface area contributed by atoms with Gasteiger partial charge in [0, 0.05) is 17.7 Å². The fourth-order valence-electron chi connectivity index (χ4n) is 6.37. The number of phenolic OH excluding ortho intramolecular Hbond substituents is 2. The smallest absolute Gasteiger partial charge is 0.239 e. The fraction of sp³-hybridized carbons (Fsp3) is 0.559. The molecule has 1 aromatic heterocycles. The summed E-state index contributed by atoms with van der Waals surface area (Å²) < 4.78 is 50.0. The van der Waals surface area contributed by atoms with Crippen LogP contribution in [0.2, 0.25) is 0 Å². The van der Waals surface area contributed by atoms with Gasteiger partial charge in [0.2, 0.25) is 29.5 Å². The van der Waals surface area contributed by atoms with Gasteiger partial charge in [0.25, 0.3) is 0 Å². The second-order valence-electron chi connectivity index (χ2n) is 13.1. The first-order valence-electron chi connectivity index (χ1n) is 16.9. The van der Waals surface area contributed by atoms with Crippen molar-refractivity contribution in [3.8, 4) is 45.8 Å². The van der Waals surface area contributed by atoms with Crippen molar-refractivity contribution in [2.75, 3.05) is 27.4 Å². The van der Waals surface area contributed by atoms with Gasteiger partial charge in [-0.2, -0.15) is 0 Å². The number of aliphatic hydroxyl groups is 9. The molecule has 3 aliphatic heterocycles. The summed E-state index contributed by atoms with van der Waals surface area (Å²) in [5.41, 5.74) is -1.42. The van der Waals surface area contributed by atoms with Crippen LogP contribution in [-0.4, -0.2) is 170 Å². The Kier molecular flexibility index (Phi) is 11.9. The molecule has 11 N–H and O–H groups in total. The van der Waals surface area contributed by atoms with Crippen molar-refractivity contribution < 1.29 is 98.5 Å². The molecular formula is C34H42O21. The maximum Gasteiger partial charge on any atom is 0.239 e. The molecule has 3 aromatic rings. The molecule has 0 saturated carbocycles. The lowest BCUT2D eigenvalue weighted by molar-refractivity contribution is -0.349. The van der Waals surface area contributed by atoms with Gasteiger partial charge < -0.3 is 98.5 Å². The third kappa shape index (κ3) is 7.59. The van der Waals surface area contributed by atoms with Gasteiger partial charge in [-0.15, -0.1) is 0 Å². The zero-order valence-corrected chi connectivity index (χ0v) is 29.3. The zero-order chi connectivity index (χ0) is 40.0. The number of rotatable bonds is 10. The Balaban J connectivity index is 1.39. The first-order valence-corrected chi connectivity index (χ1v) is 16.9. The van der Waals surface area contributed by atoms with Gasteiger partial charge in [0.15, 0.2) is 23.5 Å². The van der Waals surface area contributed by atoms with Crippen LogP contribution >= 0.6 is 0 Å². The molecule has 0 amide bonds. The molecule has 21 heteroatoms. The molecule has 6 rings (SSSR count). The molecule has 14 atom stereocenters. The largest absolute Gasteiger partial charge is 0.507 e.